The van der Waals surface area contributed by atoms with Gasteiger partial charge in [0, 0.05) is 4.90 Å². The Morgan fingerprint density at radius 2 is 1.45 bits per heavy atom. The van der Waals surface area contributed by atoms with Gasteiger partial charge >= 0.3 is 5.97 Å². The highest BCUT2D eigenvalue weighted by atomic mass is 32.2. The van der Waals surface area contributed by atoms with E-state index in [9.17, 15) is 4.79 Å². The minimum absolute atomic E-state index is 0.344. The summed E-state index contributed by atoms with van der Waals surface area (Å²) in [5, 5.41) is 4.71. The molecule has 0 atom stereocenters. The van der Waals surface area contributed by atoms with Crippen molar-refractivity contribution in [2.75, 3.05) is 0 Å². The Balaban J connectivity index is 1.64. The molecular weight excluding hydrogens is 428 g/mol. The monoisotopic (exact) mass is 456 g/mol. The van der Waals surface area contributed by atoms with Gasteiger partial charge in [-0.25, -0.2) is 9.48 Å². The van der Waals surface area contributed by atoms with Gasteiger partial charge in [-0.15, -0.1) is 0 Å². The van der Waals surface area contributed by atoms with Crippen molar-refractivity contribution in [1.82, 2.24) is 9.78 Å². The van der Waals surface area contributed by atoms with Crippen molar-refractivity contribution in [3.63, 3.8) is 0 Å². The van der Waals surface area contributed by atoms with Gasteiger partial charge in [-0.3, -0.25) is 0 Å². The second-order valence-corrected chi connectivity index (χ2v) is 10.1. The van der Waals surface area contributed by atoms with E-state index >= 15 is 0 Å². The third-order valence-corrected chi connectivity index (χ3v) is 6.44. The van der Waals surface area contributed by atoms with Crippen LogP contribution in [0.4, 0.5) is 0 Å². The molecule has 1 heterocycles. The molecule has 0 saturated carbocycles. The Bertz CT molecular complexity index is 1250. The lowest BCUT2D eigenvalue weighted by Crippen LogP contribution is -2.25. The lowest BCUT2D eigenvalue weighted by atomic mass is 10.0. The molecule has 0 aliphatic rings. The normalized spacial score (nSPS) is 11.4. The van der Waals surface area contributed by atoms with Crippen LogP contribution in [-0.4, -0.2) is 15.7 Å². The number of aryl methyl sites for hydroxylation is 2. The van der Waals surface area contributed by atoms with Crippen LogP contribution in [0.25, 0.3) is 11.1 Å². The van der Waals surface area contributed by atoms with Crippen molar-refractivity contribution >= 4 is 17.7 Å². The summed E-state index contributed by atoms with van der Waals surface area (Å²) in [7, 11) is 0. The van der Waals surface area contributed by atoms with Crippen LogP contribution in [0.3, 0.4) is 0 Å². The number of nitrogens with zero attached hydrogens (tertiary/aromatic N) is 2. The Hall–Kier alpha value is -3.31. The van der Waals surface area contributed by atoms with E-state index in [0.717, 1.165) is 26.6 Å². The van der Waals surface area contributed by atoms with Gasteiger partial charge in [0.2, 0.25) is 5.88 Å². The van der Waals surface area contributed by atoms with Crippen molar-refractivity contribution in [3.8, 4) is 17.0 Å². The van der Waals surface area contributed by atoms with Crippen LogP contribution in [0.5, 0.6) is 5.88 Å². The molecule has 0 radical (unpaired) electrons. The molecule has 4 aromatic rings. The molecule has 0 saturated heterocycles. The Morgan fingerprint density at radius 1 is 0.848 bits per heavy atom. The standard InChI is InChI=1S/C28H28N2O2S/c1-19-11-17-24(18-12-19)33-25-20(2)29-30(28(3,4)5)26(25)32-27(31)23-15-13-22(14-16-23)21-9-7-6-8-10-21/h6-18H,1-5H3. The van der Waals surface area contributed by atoms with Crippen molar-refractivity contribution in [2.24, 2.45) is 0 Å². The van der Waals surface area contributed by atoms with Crippen LogP contribution in [0.1, 0.15) is 42.4 Å². The van der Waals surface area contributed by atoms with Crippen LogP contribution < -0.4 is 4.74 Å². The summed E-state index contributed by atoms with van der Waals surface area (Å²) in [4.78, 5) is 15.0. The van der Waals surface area contributed by atoms with Crippen LogP contribution in [0, 0.1) is 13.8 Å². The Kier molecular flexibility index (Phi) is 6.43. The molecule has 0 fully saturated rings. The highest BCUT2D eigenvalue weighted by Gasteiger charge is 2.27. The van der Waals surface area contributed by atoms with E-state index in [1.54, 1.807) is 16.4 Å². The number of aromatic nitrogens is 2. The fourth-order valence-electron chi connectivity index (χ4n) is 3.45. The maximum Gasteiger partial charge on any atom is 0.344 e. The molecule has 1 aromatic heterocycles. The average molecular weight is 457 g/mol. The molecule has 0 bridgehead atoms. The predicted octanol–water partition coefficient (Wildman–Crippen LogP) is 7.29. The first-order valence-corrected chi connectivity index (χ1v) is 11.8. The van der Waals surface area contributed by atoms with Gasteiger partial charge in [-0.1, -0.05) is 71.9 Å². The van der Waals surface area contributed by atoms with E-state index in [4.69, 9.17) is 9.84 Å². The van der Waals surface area contributed by atoms with Crippen LogP contribution >= 0.6 is 11.8 Å². The molecule has 0 aliphatic carbocycles. The first kappa shape index (κ1) is 22.9. The molecule has 0 spiro atoms. The minimum Gasteiger partial charge on any atom is -0.403 e. The third kappa shape index (κ3) is 5.20. The summed E-state index contributed by atoms with van der Waals surface area (Å²) >= 11 is 1.56. The highest BCUT2D eigenvalue weighted by molar-refractivity contribution is 7.99. The van der Waals surface area contributed by atoms with E-state index in [1.807, 2.05) is 82.3 Å². The van der Waals surface area contributed by atoms with Gasteiger partial charge in [-0.05, 0) is 70.0 Å². The summed E-state index contributed by atoms with van der Waals surface area (Å²) in [5.74, 6) is 0.0773. The fourth-order valence-corrected chi connectivity index (χ4v) is 4.37. The van der Waals surface area contributed by atoms with Crippen molar-refractivity contribution in [2.45, 2.75) is 49.9 Å². The van der Waals surface area contributed by atoms with Gasteiger partial charge in [0.25, 0.3) is 0 Å². The van der Waals surface area contributed by atoms with E-state index in [-0.39, 0.29) is 5.54 Å². The quantitative estimate of drug-likeness (QED) is 0.296. The number of rotatable bonds is 5. The summed E-state index contributed by atoms with van der Waals surface area (Å²) in [6.45, 7) is 10.2. The fraction of sp³-hybridized carbons (Fsp3) is 0.214. The van der Waals surface area contributed by atoms with Crippen molar-refractivity contribution < 1.29 is 9.53 Å². The summed E-state index contributed by atoms with van der Waals surface area (Å²) in [6, 6.07) is 25.9. The summed E-state index contributed by atoms with van der Waals surface area (Å²) in [5.41, 5.74) is 4.35. The van der Waals surface area contributed by atoms with Gasteiger partial charge in [-0.2, -0.15) is 5.10 Å². The van der Waals surface area contributed by atoms with Crippen LogP contribution in [0.15, 0.2) is 88.7 Å². The molecular formula is C28H28N2O2S. The number of carbonyl (C=O) groups excluding carboxylic acids is 1. The van der Waals surface area contributed by atoms with E-state index in [0.29, 0.717) is 11.4 Å². The van der Waals surface area contributed by atoms with Crippen molar-refractivity contribution in [1.29, 1.82) is 0 Å². The zero-order chi connectivity index (χ0) is 23.6. The van der Waals surface area contributed by atoms with E-state index in [2.05, 4.69) is 31.2 Å². The molecule has 4 nitrogen and oxygen atoms in total. The van der Waals surface area contributed by atoms with Crippen LogP contribution in [-0.2, 0) is 5.54 Å². The molecule has 33 heavy (non-hydrogen) atoms. The maximum absolute atomic E-state index is 13.1. The molecule has 0 amide bonds. The third-order valence-electron chi connectivity index (χ3n) is 5.26. The largest absolute Gasteiger partial charge is 0.403 e. The molecule has 0 unspecified atom stereocenters. The topological polar surface area (TPSA) is 44.1 Å². The van der Waals surface area contributed by atoms with Crippen LogP contribution in [0.2, 0.25) is 0 Å². The lowest BCUT2D eigenvalue weighted by molar-refractivity contribution is 0.0704. The smallest absolute Gasteiger partial charge is 0.344 e. The number of ether oxygens (including phenoxy) is 1. The molecule has 0 aliphatic heterocycles. The lowest BCUT2D eigenvalue weighted by Gasteiger charge is -2.22. The minimum atomic E-state index is -0.397. The van der Waals surface area contributed by atoms with Gasteiger partial charge in [0.15, 0.2) is 0 Å². The number of esters is 1. The van der Waals surface area contributed by atoms with Gasteiger partial charge < -0.3 is 4.74 Å². The number of hydrogen-bond donors (Lipinski definition) is 0. The zero-order valence-corrected chi connectivity index (χ0v) is 20.4. The zero-order valence-electron chi connectivity index (χ0n) is 19.6. The van der Waals surface area contributed by atoms with Gasteiger partial charge in [0.1, 0.15) is 0 Å². The van der Waals surface area contributed by atoms with Gasteiger partial charge in [0.05, 0.1) is 21.7 Å². The van der Waals surface area contributed by atoms with E-state index in [1.165, 1.54) is 5.56 Å². The highest BCUT2D eigenvalue weighted by Crippen LogP contribution is 2.40. The SMILES string of the molecule is Cc1ccc(Sc2c(C)nn(C(C)(C)C)c2OC(=O)c2ccc(-c3ccccc3)cc2)cc1. The average Bonchev–Trinajstić information content (AvgIpc) is 3.11. The second-order valence-electron chi connectivity index (χ2n) is 9.05. The Morgan fingerprint density at radius 3 is 2.06 bits per heavy atom. The first-order valence-electron chi connectivity index (χ1n) is 10.9. The molecule has 0 N–H and O–H groups in total. The summed E-state index contributed by atoms with van der Waals surface area (Å²) < 4.78 is 7.79. The second kappa shape index (κ2) is 9.28. The summed E-state index contributed by atoms with van der Waals surface area (Å²) in [6.07, 6.45) is 0. The Labute approximate surface area is 199 Å². The number of hydrogen-bond acceptors (Lipinski definition) is 4. The molecule has 5 heteroatoms. The molecule has 4 rings (SSSR count). The molecule has 168 valence electrons. The maximum atomic E-state index is 13.1. The van der Waals surface area contributed by atoms with Crippen molar-refractivity contribution in [3.05, 3.63) is 95.7 Å². The number of benzene rings is 3. The predicted molar refractivity (Wildman–Crippen MR) is 134 cm³/mol. The number of carbonyl (C=O) groups is 1. The van der Waals surface area contributed by atoms with E-state index < -0.39 is 5.97 Å². The molecule has 3 aromatic carbocycles. The first-order chi connectivity index (χ1) is 15.7.